The van der Waals surface area contributed by atoms with Gasteiger partial charge in [0.05, 0.1) is 11.7 Å². The Morgan fingerprint density at radius 3 is 2.40 bits per heavy atom. The van der Waals surface area contributed by atoms with Crippen LogP contribution in [0.3, 0.4) is 0 Å². The number of carbonyl (C=O) groups excluding carboxylic acids is 1. The standard InChI is InChI=1S/C19H30N2O3S/c1-13-12-15(20-25(23)19(5,6)7)14-10-8-9-11-16(14)21(13)17(22)24-18(2,3)4/h8-11,13,15,20H,12H2,1-7H3/t13?,15-,25?/m0/s1. The Labute approximate surface area is 154 Å². The van der Waals surface area contributed by atoms with E-state index in [0.29, 0.717) is 6.42 Å². The minimum absolute atomic E-state index is 0.0563. The van der Waals surface area contributed by atoms with E-state index in [1.54, 1.807) is 4.90 Å². The number of anilines is 1. The number of benzene rings is 1. The molecule has 5 nitrogen and oxygen atoms in total. The van der Waals surface area contributed by atoms with E-state index in [0.717, 1.165) is 11.3 Å². The average Bonchev–Trinajstić information content (AvgIpc) is 2.44. The molecule has 0 aromatic heterocycles. The first-order valence-electron chi connectivity index (χ1n) is 8.69. The summed E-state index contributed by atoms with van der Waals surface area (Å²) in [4.78, 5) is 14.4. The lowest BCUT2D eigenvalue weighted by Gasteiger charge is -2.40. The van der Waals surface area contributed by atoms with Crippen molar-refractivity contribution < 1.29 is 14.1 Å². The molecule has 0 aliphatic carbocycles. The predicted molar refractivity (Wildman–Crippen MR) is 103 cm³/mol. The summed E-state index contributed by atoms with van der Waals surface area (Å²) in [6, 6.07) is 7.63. The van der Waals surface area contributed by atoms with E-state index in [9.17, 15) is 9.35 Å². The average molecular weight is 367 g/mol. The molecule has 1 aliphatic rings. The second kappa shape index (κ2) is 7.17. The Kier molecular flexibility index (Phi) is 5.76. The Hall–Kier alpha value is -1.24. The first-order valence-corrected chi connectivity index (χ1v) is 9.84. The molecule has 0 radical (unpaired) electrons. The highest BCUT2D eigenvalue weighted by Crippen LogP contribution is 2.38. The van der Waals surface area contributed by atoms with Gasteiger partial charge in [-0.05, 0) is 66.5 Å². The zero-order valence-corrected chi connectivity index (χ0v) is 17.1. The first kappa shape index (κ1) is 20.1. The maximum Gasteiger partial charge on any atom is 0.415 e. The number of hydrogen-bond acceptors (Lipinski definition) is 4. The lowest BCUT2D eigenvalue weighted by Crippen LogP contribution is -2.49. The highest BCUT2D eigenvalue weighted by Gasteiger charge is 2.39. The SMILES string of the molecule is CC1C[C@H](N[S+]([O-])C(C)(C)C)c2ccccc2N1C(=O)OC(C)(C)C. The zero-order valence-electron chi connectivity index (χ0n) is 16.3. The van der Waals surface area contributed by atoms with E-state index in [-0.39, 0.29) is 22.9 Å². The van der Waals surface area contributed by atoms with Crippen LogP contribution < -0.4 is 9.62 Å². The molecule has 1 aliphatic heterocycles. The molecule has 0 fully saturated rings. The van der Waals surface area contributed by atoms with Crippen LogP contribution in [-0.2, 0) is 16.1 Å². The summed E-state index contributed by atoms with van der Waals surface area (Å²) in [7, 11) is 0. The van der Waals surface area contributed by atoms with E-state index >= 15 is 0 Å². The molecular weight excluding hydrogens is 336 g/mol. The second-order valence-corrected chi connectivity index (χ2v) is 10.5. The quantitative estimate of drug-likeness (QED) is 0.792. The van der Waals surface area contributed by atoms with Crippen LogP contribution in [0.2, 0.25) is 0 Å². The van der Waals surface area contributed by atoms with Gasteiger partial charge in [-0.1, -0.05) is 18.2 Å². The molecule has 1 N–H and O–H groups in total. The highest BCUT2D eigenvalue weighted by molar-refractivity contribution is 7.90. The molecule has 1 aromatic rings. The van der Waals surface area contributed by atoms with E-state index in [1.165, 1.54) is 0 Å². The number of hydrogen-bond donors (Lipinski definition) is 1. The molecule has 140 valence electrons. The maximum atomic E-state index is 12.7. The fourth-order valence-corrected chi connectivity index (χ4v) is 3.65. The summed E-state index contributed by atoms with van der Waals surface area (Å²) >= 11 is -1.18. The molecule has 0 saturated heterocycles. The van der Waals surface area contributed by atoms with Gasteiger partial charge >= 0.3 is 6.09 Å². The normalized spacial score (nSPS) is 22.3. The van der Waals surface area contributed by atoms with Gasteiger partial charge in [-0.15, -0.1) is 4.72 Å². The molecule has 25 heavy (non-hydrogen) atoms. The van der Waals surface area contributed by atoms with Gasteiger partial charge in [0.15, 0.2) is 0 Å². The summed E-state index contributed by atoms with van der Waals surface area (Å²) in [5, 5.41) is 0. The number of ether oxygens (including phenoxy) is 1. The summed E-state index contributed by atoms with van der Waals surface area (Å²) in [6.07, 6.45) is 0.334. The van der Waals surface area contributed by atoms with Gasteiger partial charge in [-0.3, -0.25) is 4.90 Å². The molecule has 1 aromatic carbocycles. The molecule has 3 atom stereocenters. The van der Waals surface area contributed by atoms with Crippen molar-refractivity contribution in [2.75, 3.05) is 4.90 Å². The van der Waals surface area contributed by atoms with Crippen LogP contribution >= 0.6 is 0 Å². The fourth-order valence-electron chi connectivity index (χ4n) is 2.82. The summed E-state index contributed by atoms with van der Waals surface area (Å²) in [6.45, 7) is 13.4. The number of fused-ring (bicyclic) bond motifs is 1. The van der Waals surface area contributed by atoms with E-state index in [1.807, 2.05) is 72.7 Å². The summed E-state index contributed by atoms with van der Waals surface area (Å²) < 4.78 is 21.0. The Morgan fingerprint density at radius 1 is 1.24 bits per heavy atom. The number of nitrogens with zero attached hydrogens (tertiary/aromatic N) is 1. The third-order valence-electron chi connectivity index (χ3n) is 3.98. The fraction of sp³-hybridized carbons (Fsp3) is 0.632. The minimum atomic E-state index is -1.18. The van der Waals surface area contributed by atoms with Gasteiger partial charge in [0.1, 0.15) is 10.3 Å². The van der Waals surface area contributed by atoms with Gasteiger partial charge in [0, 0.05) is 17.4 Å². The molecule has 1 heterocycles. The lowest BCUT2D eigenvalue weighted by molar-refractivity contribution is 0.0561. The number of carbonyl (C=O) groups is 1. The van der Waals surface area contributed by atoms with Crippen LogP contribution in [0.25, 0.3) is 0 Å². The van der Waals surface area contributed by atoms with Crippen molar-refractivity contribution in [1.82, 2.24) is 4.72 Å². The molecule has 1 amide bonds. The van der Waals surface area contributed by atoms with Gasteiger partial charge in [0.2, 0.25) is 0 Å². The molecule has 2 rings (SSSR count). The van der Waals surface area contributed by atoms with Crippen molar-refractivity contribution in [3.63, 3.8) is 0 Å². The molecule has 6 heteroatoms. The van der Waals surface area contributed by atoms with Crippen molar-refractivity contribution in [3.05, 3.63) is 29.8 Å². The molecule has 0 saturated carbocycles. The second-order valence-electron chi connectivity index (χ2n) is 8.55. The van der Waals surface area contributed by atoms with Crippen molar-refractivity contribution in [2.24, 2.45) is 0 Å². The van der Waals surface area contributed by atoms with E-state index < -0.39 is 17.0 Å². The van der Waals surface area contributed by atoms with Gasteiger partial charge in [-0.25, -0.2) is 4.79 Å². The van der Waals surface area contributed by atoms with Crippen LogP contribution in [0.15, 0.2) is 24.3 Å². The Morgan fingerprint density at radius 2 is 1.84 bits per heavy atom. The van der Waals surface area contributed by atoms with Crippen LogP contribution in [-0.4, -0.2) is 27.0 Å². The lowest BCUT2D eigenvalue weighted by atomic mass is 9.93. The van der Waals surface area contributed by atoms with Crippen molar-refractivity contribution >= 4 is 23.1 Å². The van der Waals surface area contributed by atoms with Crippen LogP contribution in [0.4, 0.5) is 10.5 Å². The van der Waals surface area contributed by atoms with E-state index in [4.69, 9.17) is 4.74 Å². The summed E-state index contributed by atoms with van der Waals surface area (Å²) in [5.74, 6) is 0. The number of amides is 1. The van der Waals surface area contributed by atoms with Gasteiger partial charge < -0.3 is 9.29 Å². The molecular formula is C19H30N2O3S. The van der Waals surface area contributed by atoms with Crippen LogP contribution in [0, 0.1) is 0 Å². The molecule has 0 bridgehead atoms. The Balaban J connectivity index is 2.32. The highest BCUT2D eigenvalue weighted by atomic mass is 32.2. The van der Waals surface area contributed by atoms with Crippen LogP contribution in [0.5, 0.6) is 0 Å². The maximum absolute atomic E-state index is 12.7. The molecule has 0 spiro atoms. The predicted octanol–water partition coefficient (Wildman–Crippen LogP) is 4.31. The largest absolute Gasteiger partial charge is 0.598 e. The summed E-state index contributed by atoms with van der Waals surface area (Å²) in [5.41, 5.74) is 1.25. The topological polar surface area (TPSA) is 64.6 Å². The number of rotatable bonds is 2. The number of para-hydroxylation sites is 1. The van der Waals surface area contributed by atoms with E-state index in [2.05, 4.69) is 4.72 Å². The van der Waals surface area contributed by atoms with Crippen molar-refractivity contribution in [1.29, 1.82) is 0 Å². The Bertz CT molecular complexity index is 622. The minimum Gasteiger partial charge on any atom is -0.598 e. The third-order valence-corrected chi connectivity index (χ3v) is 5.60. The van der Waals surface area contributed by atoms with Gasteiger partial charge in [0.25, 0.3) is 0 Å². The third kappa shape index (κ3) is 4.90. The molecule has 2 unspecified atom stereocenters. The number of nitrogens with one attached hydrogen (secondary N) is 1. The van der Waals surface area contributed by atoms with Crippen molar-refractivity contribution in [3.8, 4) is 0 Å². The van der Waals surface area contributed by atoms with Crippen molar-refractivity contribution in [2.45, 2.75) is 77.3 Å². The smallest absolute Gasteiger partial charge is 0.415 e. The first-order chi connectivity index (χ1) is 11.4. The zero-order chi connectivity index (χ0) is 19.0. The van der Waals surface area contributed by atoms with Crippen LogP contribution in [0.1, 0.15) is 66.5 Å². The van der Waals surface area contributed by atoms with Gasteiger partial charge in [-0.2, -0.15) is 0 Å². The monoisotopic (exact) mass is 366 g/mol.